The van der Waals surface area contributed by atoms with Crippen LogP contribution < -0.4 is 5.32 Å². The fourth-order valence-electron chi connectivity index (χ4n) is 1.73. The molecular formula is C14H18BrNO2. The Bertz CT molecular complexity index is 481. The number of carbonyl (C=O) groups excluding carboxylic acids is 1. The number of likely N-dealkylation sites (N-methyl/N-ethyl adjacent to an activating group) is 1. The summed E-state index contributed by atoms with van der Waals surface area (Å²) in [4.78, 5) is 11.8. The van der Waals surface area contributed by atoms with E-state index in [1.807, 2.05) is 33.0 Å². The summed E-state index contributed by atoms with van der Waals surface area (Å²) in [6.45, 7) is 4.64. The second-order valence-electron chi connectivity index (χ2n) is 4.08. The number of methoxy groups -OCH3 is 1. The van der Waals surface area contributed by atoms with Crippen molar-refractivity contribution in [3.05, 3.63) is 39.4 Å². The van der Waals surface area contributed by atoms with Crippen LogP contribution in [-0.2, 0) is 9.53 Å². The molecule has 4 heteroatoms. The van der Waals surface area contributed by atoms with E-state index in [1.165, 1.54) is 7.11 Å². The van der Waals surface area contributed by atoms with Crippen molar-refractivity contribution >= 4 is 27.5 Å². The number of benzene rings is 1. The molecule has 0 atom stereocenters. The highest BCUT2D eigenvalue weighted by atomic mass is 79.9. The molecule has 0 saturated carbocycles. The Hall–Kier alpha value is -1.13. The van der Waals surface area contributed by atoms with Gasteiger partial charge in [-0.15, -0.1) is 0 Å². The zero-order valence-corrected chi connectivity index (χ0v) is 12.7. The SMILES string of the molecule is CNC/C=C(/C(=O)OC)c1cc(Br)c(C)cc1C. The Morgan fingerprint density at radius 1 is 1.39 bits per heavy atom. The van der Waals surface area contributed by atoms with Crippen molar-refractivity contribution in [1.82, 2.24) is 5.32 Å². The second-order valence-corrected chi connectivity index (χ2v) is 4.94. The maximum atomic E-state index is 11.8. The molecule has 1 rings (SSSR count). The van der Waals surface area contributed by atoms with Crippen molar-refractivity contribution in [2.45, 2.75) is 13.8 Å². The van der Waals surface area contributed by atoms with Crippen molar-refractivity contribution in [2.24, 2.45) is 0 Å². The van der Waals surface area contributed by atoms with Gasteiger partial charge in [0.15, 0.2) is 0 Å². The smallest absolute Gasteiger partial charge is 0.338 e. The van der Waals surface area contributed by atoms with E-state index in [1.54, 1.807) is 0 Å². The Morgan fingerprint density at radius 3 is 2.61 bits per heavy atom. The Balaban J connectivity index is 3.29. The molecule has 1 N–H and O–H groups in total. The van der Waals surface area contributed by atoms with Crippen molar-refractivity contribution in [2.75, 3.05) is 20.7 Å². The number of hydrogen-bond donors (Lipinski definition) is 1. The minimum absolute atomic E-state index is 0.316. The van der Waals surface area contributed by atoms with Crippen LogP contribution in [0.15, 0.2) is 22.7 Å². The number of esters is 1. The maximum absolute atomic E-state index is 11.8. The lowest BCUT2D eigenvalue weighted by Crippen LogP contribution is -2.10. The normalized spacial score (nSPS) is 11.5. The van der Waals surface area contributed by atoms with E-state index >= 15 is 0 Å². The number of ether oxygens (including phenoxy) is 1. The first kappa shape index (κ1) is 14.9. The molecule has 0 aliphatic rings. The van der Waals surface area contributed by atoms with Gasteiger partial charge in [-0.05, 0) is 43.7 Å². The summed E-state index contributed by atoms with van der Waals surface area (Å²) in [5, 5.41) is 3.00. The standard InChI is InChI=1S/C14H18BrNO2/c1-9-7-10(2)13(15)8-12(9)11(5-6-16-3)14(17)18-4/h5,7-8,16H,6H2,1-4H3/b11-5+. The van der Waals surface area contributed by atoms with Crippen LogP contribution in [0.25, 0.3) is 5.57 Å². The first-order chi connectivity index (χ1) is 8.51. The fraction of sp³-hybridized carbons (Fsp3) is 0.357. The fourth-order valence-corrected chi connectivity index (χ4v) is 2.08. The zero-order chi connectivity index (χ0) is 13.7. The molecule has 1 aromatic rings. The number of nitrogens with one attached hydrogen (secondary N) is 1. The lowest BCUT2D eigenvalue weighted by molar-refractivity contribution is -0.133. The Morgan fingerprint density at radius 2 is 2.06 bits per heavy atom. The van der Waals surface area contributed by atoms with Gasteiger partial charge in [-0.1, -0.05) is 28.1 Å². The molecule has 18 heavy (non-hydrogen) atoms. The minimum atomic E-state index is -0.316. The summed E-state index contributed by atoms with van der Waals surface area (Å²) in [6.07, 6.45) is 1.84. The summed E-state index contributed by atoms with van der Waals surface area (Å²) in [7, 11) is 3.23. The van der Waals surface area contributed by atoms with Crippen LogP contribution in [0.4, 0.5) is 0 Å². The lowest BCUT2D eigenvalue weighted by atomic mass is 9.98. The van der Waals surface area contributed by atoms with Gasteiger partial charge in [-0.2, -0.15) is 0 Å². The predicted molar refractivity (Wildman–Crippen MR) is 77.5 cm³/mol. The maximum Gasteiger partial charge on any atom is 0.338 e. The number of rotatable bonds is 4. The highest BCUT2D eigenvalue weighted by molar-refractivity contribution is 9.10. The van der Waals surface area contributed by atoms with Crippen molar-refractivity contribution in [3.63, 3.8) is 0 Å². The third-order valence-corrected chi connectivity index (χ3v) is 3.57. The molecule has 0 saturated heterocycles. The highest BCUT2D eigenvalue weighted by Crippen LogP contribution is 2.27. The summed E-state index contributed by atoms with van der Waals surface area (Å²) >= 11 is 3.49. The highest BCUT2D eigenvalue weighted by Gasteiger charge is 2.15. The number of hydrogen-bond acceptors (Lipinski definition) is 3. The molecule has 0 fully saturated rings. The summed E-state index contributed by atoms with van der Waals surface area (Å²) in [6, 6.07) is 4.01. The lowest BCUT2D eigenvalue weighted by Gasteiger charge is -2.11. The number of halogens is 1. The van der Waals surface area contributed by atoms with Crippen LogP contribution in [0, 0.1) is 13.8 Å². The van der Waals surface area contributed by atoms with E-state index in [9.17, 15) is 4.79 Å². The zero-order valence-electron chi connectivity index (χ0n) is 11.1. The molecule has 0 spiro atoms. The van der Waals surface area contributed by atoms with Gasteiger partial charge in [0.1, 0.15) is 0 Å². The average Bonchev–Trinajstić information content (AvgIpc) is 2.35. The molecule has 0 heterocycles. The summed E-state index contributed by atoms with van der Waals surface area (Å²) in [5.74, 6) is -0.316. The van der Waals surface area contributed by atoms with Crippen LogP contribution in [-0.4, -0.2) is 26.7 Å². The van der Waals surface area contributed by atoms with Gasteiger partial charge in [0.05, 0.1) is 12.7 Å². The van der Waals surface area contributed by atoms with Crippen LogP contribution in [0.3, 0.4) is 0 Å². The van der Waals surface area contributed by atoms with E-state index < -0.39 is 0 Å². The largest absolute Gasteiger partial charge is 0.465 e. The van der Waals surface area contributed by atoms with Crippen molar-refractivity contribution < 1.29 is 9.53 Å². The van der Waals surface area contributed by atoms with Gasteiger partial charge in [-0.25, -0.2) is 4.79 Å². The molecule has 0 aliphatic carbocycles. The van der Waals surface area contributed by atoms with Crippen LogP contribution in [0.2, 0.25) is 0 Å². The first-order valence-corrected chi connectivity index (χ1v) is 6.50. The van der Waals surface area contributed by atoms with Gasteiger partial charge < -0.3 is 10.1 Å². The van der Waals surface area contributed by atoms with Gasteiger partial charge in [-0.3, -0.25) is 0 Å². The molecule has 0 bridgehead atoms. The van der Waals surface area contributed by atoms with Crippen molar-refractivity contribution in [1.29, 1.82) is 0 Å². The average molecular weight is 312 g/mol. The number of aryl methyl sites for hydroxylation is 2. The quantitative estimate of drug-likeness (QED) is 0.686. The third-order valence-electron chi connectivity index (χ3n) is 2.71. The predicted octanol–water partition coefficient (Wildman–Crippen LogP) is 2.84. The molecule has 0 radical (unpaired) electrons. The molecule has 0 amide bonds. The molecule has 0 aliphatic heterocycles. The Labute approximate surface area is 116 Å². The van der Waals surface area contributed by atoms with E-state index in [0.29, 0.717) is 12.1 Å². The van der Waals surface area contributed by atoms with Gasteiger partial charge in [0.25, 0.3) is 0 Å². The molecule has 0 unspecified atom stereocenters. The van der Waals surface area contributed by atoms with E-state index in [-0.39, 0.29) is 5.97 Å². The second kappa shape index (κ2) is 6.71. The third kappa shape index (κ3) is 3.43. The van der Waals surface area contributed by atoms with Crippen LogP contribution in [0.1, 0.15) is 16.7 Å². The summed E-state index contributed by atoms with van der Waals surface area (Å²) in [5.41, 5.74) is 3.69. The van der Waals surface area contributed by atoms with Gasteiger partial charge in [0, 0.05) is 11.0 Å². The molecular weight excluding hydrogens is 294 g/mol. The minimum Gasteiger partial charge on any atom is -0.465 e. The van der Waals surface area contributed by atoms with E-state index in [4.69, 9.17) is 4.74 Å². The number of carbonyl (C=O) groups is 1. The van der Waals surface area contributed by atoms with Crippen LogP contribution >= 0.6 is 15.9 Å². The molecule has 3 nitrogen and oxygen atoms in total. The molecule has 98 valence electrons. The first-order valence-electron chi connectivity index (χ1n) is 5.71. The van der Waals surface area contributed by atoms with Crippen molar-refractivity contribution in [3.8, 4) is 0 Å². The molecule has 1 aromatic carbocycles. The topological polar surface area (TPSA) is 38.3 Å². The molecule has 0 aromatic heterocycles. The monoisotopic (exact) mass is 311 g/mol. The van der Waals surface area contributed by atoms with Crippen LogP contribution in [0.5, 0.6) is 0 Å². The van der Waals surface area contributed by atoms with Gasteiger partial charge >= 0.3 is 5.97 Å². The van der Waals surface area contributed by atoms with E-state index in [0.717, 1.165) is 21.2 Å². The Kier molecular flexibility index (Phi) is 5.56. The van der Waals surface area contributed by atoms with Gasteiger partial charge in [0.2, 0.25) is 0 Å². The van der Waals surface area contributed by atoms with E-state index in [2.05, 4.69) is 27.3 Å². The summed E-state index contributed by atoms with van der Waals surface area (Å²) < 4.78 is 5.83.